The van der Waals surface area contributed by atoms with Crippen molar-refractivity contribution in [3.8, 4) is 0 Å². The normalized spacial score (nSPS) is 21.6. The number of hydrogen-bond donors (Lipinski definition) is 0. The van der Waals surface area contributed by atoms with Crippen LogP contribution in [0, 0.1) is 0 Å². The molecule has 1 saturated heterocycles. The minimum absolute atomic E-state index is 0.452. The first kappa shape index (κ1) is 11.7. The molecule has 0 aliphatic carbocycles. The summed E-state index contributed by atoms with van der Waals surface area (Å²) in [5.74, 6) is 1.19. The average Bonchev–Trinajstić information content (AvgIpc) is 2.77. The Morgan fingerprint density at radius 3 is 3.06 bits per heavy atom. The standard InChI is InChI=1S/C14H20N4/c1-3-18-13-11(7-6-9-15-13)16-14(18)12-8-4-5-10-17(12)2/h6-7,9,12H,3-5,8,10H2,1-2H3. The Hall–Kier alpha value is -1.42. The first-order valence-electron chi connectivity index (χ1n) is 6.82. The second-order valence-electron chi connectivity index (χ2n) is 5.05. The van der Waals surface area contributed by atoms with E-state index in [0.29, 0.717) is 6.04 Å². The lowest BCUT2D eigenvalue weighted by Gasteiger charge is -2.32. The van der Waals surface area contributed by atoms with Gasteiger partial charge in [0, 0.05) is 12.7 Å². The van der Waals surface area contributed by atoms with Crippen molar-refractivity contribution in [3.63, 3.8) is 0 Å². The molecule has 3 rings (SSSR count). The molecule has 0 radical (unpaired) electrons. The van der Waals surface area contributed by atoms with E-state index in [1.54, 1.807) is 0 Å². The lowest BCUT2D eigenvalue weighted by atomic mass is 10.0. The third-order valence-electron chi connectivity index (χ3n) is 3.92. The van der Waals surface area contributed by atoms with Gasteiger partial charge in [0.1, 0.15) is 11.3 Å². The van der Waals surface area contributed by atoms with Crippen LogP contribution in [-0.4, -0.2) is 33.0 Å². The summed E-state index contributed by atoms with van der Waals surface area (Å²) in [6, 6.07) is 4.47. The molecular formula is C14H20N4. The molecule has 1 aliphatic rings. The van der Waals surface area contributed by atoms with Gasteiger partial charge in [-0.2, -0.15) is 0 Å². The van der Waals surface area contributed by atoms with Gasteiger partial charge in [-0.25, -0.2) is 9.97 Å². The van der Waals surface area contributed by atoms with Crippen LogP contribution in [0.5, 0.6) is 0 Å². The Labute approximate surface area is 108 Å². The van der Waals surface area contributed by atoms with E-state index in [1.165, 1.54) is 31.6 Å². The Morgan fingerprint density at radius 1 is 1.39 bits per heavy atom. The van der Waals surface area contributed by atoms with Crippen molar-refractivity contribution in [2.24, 2.45) is 0 Å². The van der Waals surface area contributed by atoms with E-state index < -0.39 is 0 Å². The molecule has 0 aromatic carbocycles. The second kappa shape index (κ2) is 4.69. The Morgan fingerprint density at radius 2 is 2.28 bits per heavy atom. The predicted octanol–water partition coefficient (Wildman–Crippen LogP) is 2.61. The summed E-state index contributed by atoms with van der Waals surface area (Å²) in [5, 5.41) is 0. The monoisotopic (exact) mass is 244 g/mol. The zero-order chi connectivity index (χ0) is 12.5. The largest absolute Gasteiger partial charge is 0.312 e. The van der Waals surface area contributed by atoms with E-state index in [2.05, 4.69) is 34.5 Å². The second-order valence-corrected chi connectivity index (χ2v) is 5.05. The summed E-state index contributed by atoms with van der Waals surface area (Å²) in [4.78, 5) is 11.7. The highest BCUT2D eigenvalue weighted by atomic mass is 15.2. The molecule has 1 unspecified atom stereocenters. The van der Waals surface area contributed by atoms with Crippen molar-refractivity contribution < 1.29 is 0 Å². The molecule has 4 nitrogen and oxygen atoms in total. The number of piperidine rings is 1. The van der Waals surface area contributed by atoms with E-state index >= 15 is 0 Å². The number of hydrogen-bond acceptors (Lipinski definition) is 3. The van der Waals surface area contributed by atoms with Crippen molar-refractivity contribution in [2.45, 2.75) is 38.8 Å². The van der Waals surface area contributed by atoms with Crippen LogP contribution >= 0.6 is 0 Å². The maximum atomic E-state index is 4.82. The van der Waals surface area contributed by atoms with Crippen LogP contribution in [-0.2, 0) is 6.54 Å². The first-order valence-corrected chi connectivity index (χ1v) is 6.82. The molecule has 18 heavy (non-hydrogen) atoms. The molecule has 1 atom stereocenters. The van der Waals surface area contributed by atoms with Crippen LogP contribution in [0.15, 0.2) is 18.3 Å². The van der Waals surface area contributed by atoms with Gasteiger partial charge in [-0.3, -0.25) is 4.90 Å². The van der Waals surface area contributed by atoms with Crippen LogP contribution in [0.25, 0.3) is 11.2 Å². The maximum absolute atomic E-state index is 4.82. The van der Waals surface area contributed by atoms with Crippen molar-refractivity contribution >= 4 is 11.2 Å². The molecule has 4 heteroatoms. The Bertz CT molecular complexity index is 546. The zero-order valence-corrected chi connectivity index (χ0v) is 11.1. The van der Waals surface area contributed by atoms with Crippen LogP contribution in [0.3, 0.4) is 0 Å². The highest BCUT2D eigenvalue weighted by Gasteiger charge is 2.26. The molecule has 0 saturated carbocycles. The van der Waals surface area contributed by atoms with Gasteiger partial charge < -0.3 is 4.57 Å². The van der Waals surface area contributed by atoms with Gasteiger partial charge in [-0.15, -0.1) is 0 Å². The average molecular weight is 244 g/mol. The summed E-state index contributed by atoms with van der Waals surface area (Å²) in [6.07, 6.45) is 5.66. The van der Waals surface area contributed by atoms with E-state index in [9.17, 15) is 0 Å². The van der Waals surface area contributed by atoms with Gasteiger partial charge >= 0.3 is 0 Å². The van der Waals surface area contributed by atoms with Crippen molar-refractivity contribution in [2.75, 3.05) is 13.6 Å². The number of rotatable bonds is 2. The fourth-order valence-electron chi connectivity index (χ4n) is 2.94. The lowest BCUT2D eigenvalue weighted by molar-refractivity contribution is 0.176. The van der Waals surface area contributed by atoms with Crippen LogP contribution in [0.4, 0.5) is 0 Å². The minimum Gasteiger partial charge on any atom is -0.312 e. The van der Waals surface area contributed by atoms with Crippen molar-refractivity contribution in [3.05, 3.63) is 24.2 Å². The Balaban J connectivity index is 2.10. The number of likely N-dealkylation sites (tertiary alicyclic amines) is 1. The maximum Gasteiger partial charge on any atom is 0.160 e. The summed E-state index contributed by atoms with van der Waals surface area (Å²) in [6.45, 7) is 4.28. The molecule has 1 fully saturated rings. The van der Waals surface area contributed by atoms with E-state index in [0.717, 1.165) is 17.7 Å². The number of nitrogens with zero attached hydrogens (tertiary/aromatic N) is 4. The summed E-state index contributed by atoms with van der Waals surface area (Å²) < 4.78 is 2.27. The number of pyridine rings is 1. The molecule has 0 amide bonds. The smallest absolute Gasteiger partial charge is 0.160 e. The summed E-state index contributed by atoms with van der Waals surface area (Å²) in [5.41, 5.74) is 2.04. The highest BCUT2D eigenvalue weighted by Crippen LogP contribution is 2.30. The first-order chi connectivity index (χ1) is 8.81. The molecule has 0 bridgehead atoms. The van der Waals surface area contributed by atoms with E-state index in [1.807, 2.05) is 12.3 Å². The van der Waals surface area contributed by atoms with Gasteiger partial charge in [0.2, 0.25) is 0 Å². The van der Waals surface area contributed by atoms with E-state index in [-0.39, 0.29) is 0 Å². The number of aromatic nitrogens is 3. The topological polar surface area (TPSA) is 34.0 Å². The lowest BCUT2D eigenvalue weighted by Crippen LogP contribution is -2.31. The van der Waals surface area contributed by atoms with Crippen molar-refractivity contribution in [1.82, 2.24) is 19.4 Å². The molecule has 2 aromatic heterocycles. The van der Waals surface area contributed by atoms with E-state index in [4.69, 9.17) is 4.98 Å². The molecule has 1 aliphatic heterocycles. The summed E-state index contributed by atoms with van der Waals surface area (Å²) in [7, 11) is 2.20. The third kappa shape index (κ3) is 1.81. The van der Waals surface area contributed by atoms with Gasteiger partial charge in [0.25, 0.3) is 0 Å². The summed E-state index contributed by atoms with van der Waals surface area (Å²) >= 11 is 0. The number of fused-ring (bicyclic) bond motifs is 1. The highest BCUT2D eigenvalue weighted by molar-refractivity contribution is 5.71. The molecule has 3 heterocycles. The number of aryl methyl sites for hydroxylation is 1. The molecule has 0 N–H and O–H groups in total. The van der Waals surface area contributed by atoms with Gasteiger partial charge in [0.05, 0.1) is 6.04 Å². The SMILES string of the molecule is CCn1c(C2CCCCN2C)nc2cccnc21. The van der Waals surface area contributed by atoms with Gasteiger partial charge in [-0.05, 0) is 45.5 Å². The molecule has 0 spiro atoms. The third-order valence-corrected chi connectivity index (χ3v) is 3.92. The Kier molecular flexibility index (Phi) is 3.04. The fourth-order valence-corrected chi connectivity index (χ4v) is 2.94. The van der Waals surface area contributed by atoms with Crippen LogP contribution in [0.1, 0.15) is 38.1 Å². The van der Waals surface area contributed by atoms with Crippen LogP contribution < -0.4 is 0 Å². The molecule has 2 aromatic rings. The minimum atomic E-state index is 0.452. The quantitative estimate of drug-likeness (QED) is 0.814. The molecule has 96 valence electrons. The van der Waals surface area contributed by atoms with Crippen LogP contribution in [0.2, 0.25) is 0 Å². The number of imidazole rings is 1. The fraction of sp³-hybridized carbons (Fsp3) is 0.571. The molecular weight excluding hydrogens is 224 g/mol. The van der Waals surface area contributed by atoms with Gasteiger partial charge in [0.15, 0.2) is 5.65 Å². The van der Waals surface area contributed by atoms with Gasteiger partial charge in [-0.1, -0.05) is 6.42 Å². The zero-order valence-electron chi connectivity index (χ0n) is 11.1. The van der Waals surface area contributed by atoms with Crippen molar-refractivity contribution in [1.29, 1.82) is 0 Å². The predicted molar refractivity (Wildman–Crippen MR) is 72.4 cm³/mol.